The van der Waals surface area contributed by atoms with E-state index in [0.717, 1.165) is 73.0 Å². The zero-order valence-corrected chi connectivity index (χ0v) is 24.1. The number of aromatic nitrogens is 3. The third kappa shape index (κ3) is 4.98. The number of amides is 2. The molecular weight excluding hydrogens is 546 g/mol. The topological polar surface area (TPSA) is 80.6 Å². The summed E-state index contributed by atoms with van der Waals surface area (Å²) in [6.07, 6.45) is 11.0. The van der Waals surface area contributed by atoms with Crippen molar-refractivity contribution >= 4 is 27.7 Å². The molecule has 4 aliphatic rings. The highest BCUT2D eigenvalue weighted by Gasteiger charge is 2.52. The first kappa shape index (κ1) is 25.8. The van der Waals surface area contributed by atoms with Gasteiger partial charge in [-0.15, -0.1) is 5.10 Å². The molecule has 3 heterocycles. The molecule has 9 heteroatoms. The molecular formula is C29H38BrN5O3. The highest BCUT2D eigenvalue weighted by molar-refractivity contribution is 9.10. The molecule has 1 saturated heterocycles. The lowest BCUT2D eigenvalue weighted by Gasteiger charge is -2.42. The van der Waals surface area contributed by atoms with Crippen LogP contribution < -0.4 is 4.74 Å². The smallest absolute Gasteiger partial charge is 0.226 e. The lowest BCUT2D eigenvalue weighted by molar-refractivity contribution is -0.141. The van der Waals surface area contributed by atoms with Crippen LogP contribution in [-0.4, -0.2) is 56.2 Å². The van der Waals surface area contributed by atoms with Gasteiger partial charge in [-0.2, -0.15) is 0 Å². The van der Waals surface area contributed by atoms with Gasteiger partial charge in [0.2, 0.25) is 11.8 Å². The Kier molecular flexibility index (Phi) is 6.99. The van der Waals surface area contributed by atoms with Gasteiger partial charge in [0.05, 0.1) is 12.2 Å². The summed E-state index contributed by atoms with van der Waals surface area (Å²) in [6, 6.07) is 4.04. The number of hydrogen-bond donors (Lipinski definition) is 0. The van der Waals surface area contributed by atoms with Crippen LogP contribution in [0.3, 0.4) is 0 Å². The number of carbonyl (C=O) groups is 2. The lowest BCUT2D eigenvalue weighted by Crippen LogP contribution is -2.48. The number of likely N-dealkylation sites (tertiary alicyclic amines) is 1. The molecule has 8 nitrogen and oxygen atoms in total. The summed E-state index contributed by atoms with van der Waals surface area (Å²) in [7, 11) is 0. The van der Waals surface area contributed by atoms with Crippen molar-refractivity contribution in [3.05, 3.63) is 39.6 Å². The molecule has 0 radical (unpaired) electrons. The van der Waals surface area contributed by atoms with Crippen molar-refractivity contribution in [2.24, 2.45) is 11.3 Å². The zero-order valence-electron chi connectivity index (χ0n) is 22.5. The van der Waals surface area contributed by atoms with Crippen molar-refractivity contribution in [2.45, 2.75) is 90.3 Å². The van der Waals surface area contributed by atoms with Crippen LogP contribution in [0.15, 0.2) is 22.8 Å². The Bertz CT molecular complexity index is 1220. The van der Waals surface area contributed by atoms with Crippen molar-refractivity contribution in [1.29, 1.82) is 0 Å². The van der Waals surface area contributed by atoms with Crippen molar-refractivity contribution in [3.8, 4) is 5.75 Å². The first-order valence-corrected chi connectivity index (χ1v) is 15.1. The fourth-order valence-corrected chi connectivity index (χ4v) is 7.14. The maximum atomic E-state index is 14.0. The normalized spacial score (nSPS) is 22.8. The summed E-state index contributed by atoms with van der Waals surface area (Å²) in [4.78, 5) is 31.1. The van der Waals surface area contributed by atoms with Crippen LogP contribution in [0, 0.1) is 11.3 Å². The number of fused-ring (bicyclic) bond motifs is 1. The molecule has 38 heavy (non-hydrogen) atoms. The lowest BCUT2D eigenvalue weighted by atomic mass is 9.85. The van der Waals surface area contributed by atoms with Gasteiger partial charge in [-0.05, 0) is 69.1 Å². The van der Waals surface area contributed by atoms with Crippen molar-refractivity contribution in [2.75, 3.05) is 19.6 Å². The van der Waals surface area contributed by atoms with Crippen LogP contribution in [0.1, 0.15) is 94.1 Å². The molecule has 2 aliphatic heterocycles. The van der Waals surface area contributed by atoms with E-state index in [4.69, 9.17) is 4.74 Å². The fraction of sp³-hybridized carbons (Fsp3) is 0.655. The van der Waals surface area contributed by atoms with E-state index in [1.807, 2.05) is 27.9 Å². The van der Waals surface area contributed by atoms with E-state index in [1.54, 1.807) is 0 Å². The van der Waals surface area contributed by atoms with Gasteiger partial charge in [0.25, 0.3) is 0 Å². The second-order valence-corrected chi connectivity index (χ2v) is 12.9. The molecule has 6 rings (SSSR count). The summed E-state index contributed by atoms with van der Waals surface area (Å²) in [5, 5.41) is 8.49. The quantitative estimate of drug-likeness (QED) is 0.446. The molecule has 3 fully saturated rings. The Labute approximate surface area is 233 Å². The first-order valence-electron chi connectivity index (χ1n) is 14.3. The second kappa shape index (κ2) is 10.3. The molecule has 2 aromatic rings. The zero-order chi connectivity index (χ0) is 26.4. The van der Waals surface area contributed by atoms with E-state index in [9.17, 15) is 9.59 Å². The van der Waals surface area contributed by atoms with Crippen LogP contribution in [0.25, 0.3) is 0 Å². The third-order valence-electron chi connectivity index (χ3n) is 9.03. The number of nitrogens with zero attached hydrogens (tertiary/aromatic N) is 5. The molecule has 0 unspecified atom stereocenters. The van der Waals surface area contributed by atoms with E-state index in [-0.39, 0.29) is 35.2 Å². The molecule has 2 amide bonds. The van der Waals surface area contributed by atoms with Gasteiger partial charge in [-0.25, -0.2) is 4.68 Å². The van der Waals surface area contributed by atoms with Gasteiger partial charge in [0.15, 0.2) is 0 Å². The Morgan fingerprint density at radius 1 is 1.21 bits per heavy atom. The van der Waals surface area contributed by atoms with E-state index >= 15 is 0 Å². The van der Waals surface area contributed by atoms with Gasteiger partial charge in [-0.3, -0.25) is 9.59 Å². The summed E-state index contributed by atoms with van der Waals surface area (Å²) in [6.45, 7) is 6.45. The monoisotopic (exact) mass is 583 g/mol. The van der Waals surface area contributed by atoms with Gasteiger partial charge in [0.1, 0.15) is 18.1 Å². The minimum Gasteiger partial charge on any atom is -0.487 e. The molecule has 1 atom stereocenters. The highest BCUT2D eigenvalue weighted by Crippen LogP contribution is 2.54. The van der Waals surface area contributed by atoms with Gasteiger partial charge in [0, 0.05) is 48.1 Å². The van der Waals surface area contributed by atoms with Gasteiger partial charge < -0.3 is 14.5 Å². The molecule has 2 saturated carbocycles. The minimum absolute atomic E-state index is 0.0828. The Morgan fingerprint density at radius 2 is 2.00 bits per heavy atom. The number of benzene rings is 1. The summed E-state index contributed by atoms with van der Waals surface area (Å²) < 4.78 is 9.27. The maximum absolute atomic E-state index is 14.0. The van der Waals surface area contributed by atoms with E-state index < -0.39 is 0 Å². The summed E-state index contributed by atoms with van der Waals surface area (Å²) in [5.74, 6) is 1.32. The van der Waals surface area contributed by atoms with Crippen molar-refractivity contribution in [1.82, 2.24) is 24.8 Å². The van der Waals surface area contributed by atoms with Crippen molar-refractivity contribution in [3.63, 3.8) is 0 Å². The molecule has 0 bridgehead atoms. The Morgan fingerprint density at radius 3 is 2.68 bits per heavy atom. The predicted molar refractivity (Wildman–Crippen MR) is 146 cm³/mol. The second-order valence-electron chi connectivity index (χ2n) is 12.1. The number of carbonyl (C=O) groups excluding carboxylic acids is 2. The van der Waals surface area contributed by atoms with Crippen LogP contribution in [0.2, 0.25) is 0 Å². The molecule has 2 aliphatic carbocycles. The SMILES string of the molecule is CC(C)n1cc(COc2ccc(Br)c3c2[C@@H](CN2CC4(CC4)CC2=O)N(C(=O)C2CCCCC2)CC3)nn1. The van der Waals surface area contributed by atoms with Gasteiger partial charge >= 0.3 is 0 Å². The standard InChI is InChI=1S/C29H38BrN5O3/c1-19(2)35-15-21(31-32-35)17-38-25-9-8-23(30)22-10-13-34(28(37)20-6-4-3-5-7-20)24(27(22)25)16-33-18-29(11-12-29)14-26(33)36/h8-9,15,19-20,24H,3-7,10-14,16-18H2,1-2H3/t24-/m1/s1. The highest BCUT2D eigenvalue weighted by atomic mass is 79.9. The fourth-order valence-electron chi connectivity index (χ4n) is 6.60. The van der Waals surface area contributed by atoms with E-state index in [0.29, 0.717) is 26.1 Å². The van der Waals surface area contributed by atoms with Crippen molar-refractivity contribution < 1.29 is 14.3 Å². The number of halogens is 1. The molecule has 1 spiro atoms. The molecule has 1 aromatic heterocycles. The third-order valence-corrected chi connectivity index (χ3v) is 9.77. The predicted octanol–water partition coefficient (Wildman–Crippen LogP) is 5.22. The van der Waals surface area contributed by atoms with Crippen LogP contribution in [0.4, 0.5) is 0 Å². The average Bonchev–Trinajstić information content (AvgIpc) is 3.35. The Balaban J connectivity index is 1.32. The van der Waals surface area contributed by atoms with Gasteiger partial charge in [-0.1, -0.05) is 40.4 Å². The summed E-state index contributed by atoms with van der Waals surface area (Å²) >= 11 is 3.78. The molecule has 0 N–H and O–H groups in total. The minimum atomic E-state index is -0.218. The number of rotatable bonds is 7. The maximum Gasteiger partial charge on any atom is 0.226 e. The number of ether oxygens (including phenoxy) is 1. The first-order chi connectivity index (χ1) is 18.3. The summed E-state index contributed by atoms with van der Waals surface area (Å²) in [5.41, 5.74) is 3.17. The van der Waals surface area contributed by atoms with E-state index in [1.165, 1.54) is 12.0 Å². The number of hydrogen-bond acceptors (Lipinski definition) is 5. The van der Waals surface area contributed by atoms with E-state index in [2.05, 4.69) is 45.0 Å². The largest absolute Gasteiger partial charge is 0.487 e. The van der Waals surface area contributed by atoms with Crippen LogP contribution in [0.5, 0.6) is 5.75 Å². The average molecular weight is 585 g/mol. The van der Waals surface area contributed by atoms with Crippen LogP contribution in [-0.2, 0) is 22.6 Å². The molecule has 204 valence electrons. The molecule has 1 aromatic carbocycles. The van der Waals surface area contributed by atoms with Crippen LogP contribution >= 0.6 is 15.9 Å². The Hall–Kier alpha value is -2.42.